The highest BCUT2D eigenvalue weighted by Gasteiger charge is 2.14. The number of rotatable bonds is 6. The molecule has 1 aliphatic heterocycles. The van der Waals surface area contributed by atoms with Gasteiger partial charge in [-0.2, -0.15) is 0 Å². The van der Waals surface area contributed by atoms with Crippen molar-refractivity contribution in [2.45, 2.75) is 26.2 Å². The van der Waals surface area contributed by atoms with Gasteiger partial charge in [0.1, 0.15) is 6.29 Å². The highest BCUT2D eigenvalue weighted by molar-refractivity contribution is 5.49. The van der Waals surface area contributed by atoms with Crippen molar-refractivity contribution in [2.75, 3.05) is 32.8 Å². The first-order valence-electron chi connectivity index (χ1n) is 5.56. The average molecular weight is 199 g/mol. The molecule has 1 saturated heterocycles. The minimum absolute atomic E-state index is 0.525. The zero-order chi connectivity index (χ0) is 10.2. The standard InChI is InChI=1S/C11H21NO2/c1-11-3-5-12(6-4-11)7-10-14-9-2-8-13/h8,11H,2-7,9-10H2,1H3. The summed E-state index contributed by atoms with van der Waals surface area (Å²) in [7, 11) is 0. The quantitative estimate of drug-likeness (QED) is 0.477. The molecule has 0 aromatic carbocycles. The van der Waals surface area contributed by atoms with E-state index < -0.39 is 0 Å². The van der Waals surface area contributed by atoms with Gasteiger partial charge >= 0.3 is 0 Å². The number of carbonyl (C=O) groups is 1. The van der Waals surface area contributed by atoms with Crippen LogP contribution in [0.2, 0.25) is 0 Å². The van der Waals surface area contributed by atoms with Crippen molar-refractivity contribution in [3.05, 3.63) is 0 Å². The van der Waals surface area contributed by atoms with Crippen molar-refractivity contribution in [3.8, 4) is 0 Å². The average Bonchev–Trinajstić information content (AvgIpc) is 2.21. The van der Waals surface area contributed by atoms with Crippen molar-refractivity contribution >= 4 is 6.29 Å². The third kappa shape index (κ3) is 4.72. The fourth-order valence-corrected chi connectivity index (χ4v) is 1.71. The smallest absolute Gasteiger partial charge is 0.122 e. The Morgan fingerprint density at radius 1 is 1.36 bits per heavy atom. The van der Waals surface area contributed by atoms with E-state index in [2.05, 4.69) is 11.8 Å². The van der Waals surface area contributed by atoms with E-state index in [1.165, 1.54) is 25.9 Å². The van der Waals surface area contributed by atoms with E-state index in [0.717, 1.165) is 25.4 Å². The first kappa shape index (κ1) is 11.7. The van der Waals surface area contributed by atoms with Crippen molar-refractivity contribution in [1.29, 1.82) is 0 Å². The van der Waals surface area contributed by atoms with Crippen LogP contribution in [0.4, 0.5) is 0 Å². The van der Waals surface area contributed by atoms with Gasteiger partial charge in [0.25, 0.3) is 0 Å². The van der Waals surface area contributed by atoms with Gasteiger partial charge in [-0.1, -0.05) is 6.92 Å². The molecule has 1 aliphatic rings. The van der Waals surface area contributed by atoms with Crippen molar-refractivity contribution in [3.63, 3.8) is 0 Å². The first-order valence-corrected chi connectivity index (χ1v) is 5.56. The Balaban J connectivity index is 1.93. The Labute approximate surface area is 86.4 Å². The van der Waals surface area contributed by atoms with Crippen LogP contribution in [-0.4, -0.2) is 44.0 Å². The SMILES string of the molecule is CC1CCN(CCOCCC=O)CC1. The fraction of sp³-hybridized carbons (Fsp3) is 0.909. The molecule has 1 heterocycles. The molecule has 0 spiro atoms. The molecule has 0 aliphatic carbocycles. The summed E-state index contributed by atoms with van der Waals surface area (Å²) in [6.07, 6.45) is 4.06. The number of hydrogen-bond acceptors (Lipinski definition) is 3. The van der Waals surface area contributed by atoms with Gasteiger partial charge in [0.2, 0.25) is 0 Å². The number of hydrogen-bond donors (Lipinski definition) is 0. The van der Waals surface area contributed by atoms with Gasteiger partial charge in [-0.15, -0.1) is 0 Å². The molecule has 0 aromatic rings. The number of likely N-dealkylation sites (tertiary alicyclic amines) is 1. The Morgan fingerprint density at radius 2 is 2.07 bits per heavy atom. The van der Waals surface area contributed by atoms with E-state index in [0.29, 0.717) is 13.0 Å². The maximum atomic E-state index is 10.0. The molecule has 3 heteroatoms. The lowest BCUT2D eigenvalue weighted by Gasteiger charge is -2.29. The van der Waals surface area contributed by atoms with Crippen LogP contribution in [0, 0.1) is 5.92 Å². The predicted molar refractivity (Wildman–Crippen MR) is 56.3 cm³/mol. The highest BCUT2D eigenvalue weighted by Crippen LogP contribution is 2.15. The van der Waals surface area contributed by atoms with Gasteiger partial charge in [0, 0.05) is 13.0 Å². The second-order valence-electron chi connectivity index (χ2n) is 4.09. The highest BCUT2D eigenvalue weighted by atomic mass is 16.5. The maximum Gasteiger partial charge on any atom is 0.122 e. The first-order chi connectivity index (χ1) is 6.83. The third-order valence-electron chi connectivity index (χ3n) is 2.81. The Morgan fingerprint density at radius 3 is 2.71 bits per heavy atom. The summed E-state index contributed by atoms with van der Waals surface area (Å²) in [6.45, 7) is 7.09. The zero-order valence-corrected chi connectivity index (χ0v) is 9.08. The lowest BCUT2D eigenvalue weighted by molar-refractivity contribution is -0.108. The van der Waals surface area contributed by atoms with E-state index in [1.54, 1.807) is 0 Å². The summed E-state index contributed by atoms with van der Waals surface area (Å²) < 4.78 is 5.33. The number of nitrogens with zero attached hydrogens (tertiary/aromatic N) is 1. The molecule has 0 amide bonds. The van der Waals surface area contributed by atoms with Crippen LogP contribution in [0.15, 0.2) is 0 Å². The van der Waals surface area contributed by atoms with Crippen LogP contribution >= 0.6 is 0 Å². The molecule has 1 rings (SSSR count). The monoisotopic (exact) mass is 199 g/mol. The van der Waals surface area contributed by atoms with E-state index in [1.807, 2.05) is 0 Å². The van der Waals surface area contributed by atoms with Crippen LogP contribution in [0.5, 0.6) is 0 Å². The van der Waals surface area contributed by atoms with E-state index in [-0.39, 0.29) is 0 Å². The van der Waals surface area contributed by atoms with Crippen LogP contribution in [-0.2, 0) is 9.53 Å². The van der Waals surface area contributed by atoms with E-state index in [9.17, 15) is 4.79 Å². The summed E-state index contributed by atoms with van der Waals surface area (Å²) in [5.74, 6) is 0.891. The Kier molecular flexibility index (Phi) is 5.80. The van der Waals surface area contributed by atoms with E-state index in [4.69, 9.17) is 4.74 Å². The van der Waals surface area contributed by atoms with Gasteiger partial charge in [-0.25, -0.2) is 0 Å². The third-order valence-corrected chi connectivity index (χ3v) is 2.81. The molecule has 0 N–H and O–H groups in total. The molecule has 0 aromatic heterocycles. The summed E-state index contributed by atoms with van der Waals surface area (Å²) >= 11 is 0. The van der Waals surface area contributed by atoms with Crippen molar-refractivity contribution < 1.29 is 9.53 Å². The minimum atomic E-state index is 0.525. The second kappa shape index (κ2) is 6.96. The molecule has 82 valence electrons. The maximum absolute atomic E-state index is 10.0. The molecular weight excluding hydrogens is 178 g/mol. The molecular formula is C11H21NO2. The zero-order valence-electron chi connectivity index (χ0n) is 9.08. The summed E-state index contributed by atoms with van der Waals surface area (Å²) in [5, 5.41) is 0. The predicted octanol–water partition coefficient (Wildman–Crippen LogP) is 1.32. The largest absolute Gasteiger partial charge is 0.380 e. The van der Waals surface area contributed by atoms with Gasteiger partial charge in [0.05, 0.1) is 13.2 Å². The minimum Gasteiger partial charge on any atom is -0.380 e. The van der Waals surface area contributed by atoms with Crippen LogP contribution in [0.25, 0.3) is 0 Å². The molecule has 14 heavy (non-hydrogen) atoms. The molecule has 0 bridgehead atoms. The van der Waals surface area contributed by atoms with Gasteiger partial charge < -0.3 is 14.4 Å². The summed E-state index contributed by atoms with van der Waals surface area (Å²) in [4.78, 5) is 12.5. The molecule has 1 fully saturated rings. The van der Waals surface area contributed by atoms with Gasteiger partial charge in [-0.3, -0.25) is 0 Å². The molecule has 0 atom stereocenters. The number of piperidine rings is 1. The van der Waals surface area contributed by atoms with Gasteiger partial charge in [0.15, 0.2) is 0 Å². The second-order valence-corrected chi connectivity index (χ2v) is 4.09. The summed E-state index contributed by atoms with van der Waals surface area (Å²) in [6, 6.07) is 0. The summed E-state index contributed by atoms with van der Waals surface area (Å²) in [5.41, 5.74) is 0. The van der Waals surface area contributed by atoms with E-state index >= 15 is 0 Å². The van der Waals surface area contributed by atoms with Crippen LogP contribution in [0.1, 0.15) is 26.2 Å². The molecule has 3 nitrogen and oxygen atoms in total. The lowest BCUT2D eigenvalue weighted by Crippen LogP contribution is -2.35. The number of ether oxygens (including phenoxy) is 1. The normalized spacial score (nSPS) is 19.8. The fourth-order valence-electron chi connectivity index (χ4n) is 1.71. The van der Waals surface area contributed by atoms with Crippen LogP contribution in [0.3, 0.4) is 0 Å². The topological polar surface area (TPSA) is 29.5 Å². The number of aldehydes is 1. The van der Waals surface area contributed by atoms with Crippen LogP contribution < -0.4 is 0 Å². The van der Waals surface area contributed by atoms with Crippen molar-refractivity contribution in [1.82, 2.24) is 4.90 Å². The lowest BCUT2D eigenvalue weighted by atomic mass is 9.99. The molecule has 0 saturated carbocycles. The number of carbonyl (C=O) groups excluding carboxylic acids is 1. The molecule has 0 radical (unpaired) electrons. The van der Waals surface area contributed by atoms with Crippen molar-refractivity contribution in [2.24, 2.45) is 5.92 Å². The van der Waals surface area contributed by atoms with Gasteiger partial charge in [-0.05, 0) is 31.8 Å². The Bertz CT molecular complexity index is 153. The Hall–Kier alpha value is -0.410. The molecule has 0 unspecified atom stereocenters.